The Labute approximate surface area is 136 Å². The zero-order valence-corrected chi connectivity index (χ0v) is 13.7. The fourth-order valence-electron chi connectivity index (χ4n) is 2.56. The first kappa shape index (κ1) is 15.3. The predicted octanol–water partition coefficient (Wildman–Crippen LogP) is 4.11. The molecular formula is C18H21N3O2. The van der Waals surface area contributed by atoms with Crippen LogP contribution in [0.15, 0.2) is 47.3 Å². The van der Waals surface area contributed by atoms with Gasteiger partial charge in [-0.3, -0.25) is 0 Å². The second-order valence-electron chi connectivity index (χ2n) is 5.64. The minimum Gasteiger partial charge on any atom is -0.493 e. The summed E-state index contributed by atoms with van der Waals surface area (Å²) in [5.74, 6) is 2.78. The molecule has 0 amide bonds. The lowest BCUT2D eigenvalue weighted by Crippen LogP contribution is -2.06. The van der Waals surface area contributed by atoms with Crippen LogP contribution >= 0.6 is 0 Å². The molecule has 0 aliphatic rings. The molecule has 0 aliphatic carbocycles. The maximum atomic E-state index is 5.66. The van der Waals surface area contributed by atoms with Gasteiger partial charge in [-0.25, -0.2) is 9.97 Å². The van der Waals surface area contributed by atoms with E-state index < -0.39 is 0 Å². The molecule has 0 saturated carbocycles. The predicted molar refractivity (Wildman–Crippen MR) is 88.5 cm³/mol. The van der Waals surface area contributed by atoms with E-state index in [-0.39, 0.29) is 0 Å². The van der Waals surface area contributed by atoms with E-state index in [4.69, 9.17) is 9.15 Å². The number of benzene rings is 1. The van der Waals surface area contributed by atoms with Crippen LogP contribution in [0.4, 0.5) is 0 Å². The molecule has 0 N–H and O–H groups in total. The van der Waals surface area contributed by atoms with Crippen molar-refractivity contribution < 1.29 is 9.15 Å². The van der Waals surface area contributed by atoms with Gasteiger partial charge in [-0.15, -0.1) is 0 Å². The fraction of sp³-hybridized carbons (Fsp3) is 0.333. The molecule has 2 aromatic heterocycles. The molecule has 23 heavy (non-hydrogen) atoms. The van der Waals surface area contributed by atoms with Crippen molar-refractivity contribution in [2.45, 2.75) is 33.2 Å². The molecule has 0 radical (unpaired) electrons. The average Bonchev–Trinajstić information content (AvgIpc) is 3.18. The summed E-state index contributed by atoms with van der Waals surface area (Å²) in [4.78, 5) is 9.00. The third-order valence-corrected chi connectivity index (χ3v) is 3.57. The van der Waals surface area contributed by atoms with E-state index in [2.05, 4.69) is 28.4 Å². The van der Waals surface area contributed by atoms with Gasteiger partial charge in [-0.05, 0) is 19.1 Å². The molecule has 120 valence electrons. The molecule has 0 spiro atoms. The monoisotopic (exact) mass is 311 g/mol. The van der Waals surface area contributed by atoms with Crippen molar-refractivity contribution in [1.29, 1.82) is 0 Å². The van der Waals surface area contributed by atoms with Crippen molar-refractivity contribution in [1.82, 2.24) is 14.5 Å². The normalized spacial score (nSPS) is 11.1. The smallest absolute Gasteiger partial charge is 0.229 e. The van der Waals surface area contributed by atoms with Crippen molar-refractivity contribution in [3.8, 4) is 17.2 Å². The zero-order chi connectivity index (χ0) is 16.2. The van der Waals surface area contributed by atoms with Gasteiger partial charge in [-0.1, -0.05) is 26.0 Å². The second-order valence-corrected chi connectivity index (χ2v) is 5.64. The van der Waals surface area contributed by atoms with Crippen LogP contribution in [0.5, 0.6) is 5.75 Å². The largest absolute Gasteiger partial charge is 0.493 e. The number of aromatic nitrogens is 3. The van der Waals surface area contributed by atoms with Crippen molar-refractivity contribution in [2.24, 2.45) is 0 Å². The second kappa shape index (κ2) is 6.69. The first-order chi connectivity index (χ1) is 11.2. The summed E-state index contributed by atoms with van der Waals surface area (Å²) in [6.07, 6.45) is 5.49. The highest BCUT2D eigenvalue weighted by atomic mass is 16.5. The van der Waals surface area contributed by atoms with Gasteiger partial charge in [0.25, 0.3) is 0 Å². The van der Waals surface area contributed by atoms with Gasteiger partial charge in [0.05, 0.1) is 24.4 Å². The number of hydrogen-bond acceptors (Lipinski definition) is 4. The van der Waals surface area contributed by atoms with Crippen LogP contribution in [0.25, 0.3) is 11.5 Å². The summed E-state index contributed by atoms with van der Waals surface area (Å²) in [5, 5.41) is 0. The SMILES string of the molecule is CCOc1ccccc1-c1nc(Cn2ccnc2C(C)C)co1. The van der Waals surface area contributed by atoms with Crippen LogP contribution in [0.1, 0.15) is 38.2 Å². The third-order valence-electron chi connectivity index (χ3n) is 3.57. The van der Waals surface area contributed by atoms with E-state index in [0.717, 1.165) is 22.8 Å². The molecular weight excluding hydrogens is 290 g/mol. The number of imidazole rings is 1. The highest BCUT2D eigenvalue weighted by molar-refractivity contribution is 5.62. The van der Waals surface area contributed by atoms with Crippen molar-refractivity contribution >= 4 is 0 Å². The highest BCUT2D eigenvalue weighted by Gasteiger charge is 2.14. The van der Waals surface area contributed by atoms with Gasteiger partial charge < -0.3 is 13.7 Å². The Morgan fingerprint density at radius 2 is 2.09 bits per heavy atom. The molecule has 3 rings (SSSR count). The molecule has 0 saturated heterocycles. The maximum absolute atomic E-state index is 5.66. The van der Waals surface area contributed by atoms with Crippen molar-refractivity contribution in [2.75, 3.05) is 6.61 Å². The standard InChI is InChI=1S/C18H21N3O2/c1-4-22-16-8-6-5-7-15(16)18-20-14(12-23-18)11-21-10-9-19-17(21)13(2)3/h5-10,12-13H,4,11H2,1-3H3. The molecule has 2 heterocycles. The lowest BCUT2D eigenvalue weighted by atomic mass is 10.2. The summed E-state index contributed by atoms with van der Waals surface area (Å²) in [6.45, 7) is 7.48. The van der Waals surface area contributed by atoms with Crippen LogP contribution in [-0.2, 0) is 6.54 Å². The summed E-state index contributed by atoms with van der Waals surface area (Å²) in [5.41, 5.74) is 1.74. The highest BCUT2D eigenvalue weighted by Crippen LogP contribution is 2.29. The summed E-state index contributed by atoms with van der Waals surface area (Å²) in [6, 6.07) is 7.78. The Morgan fingerprint density at radius 1 is 1.26 bits per heavy atom. The summed E-state index contributed by atoms with van der Waals surface area (Å²) in [7, 11) is 0. The van der Waals surface area contributed by atoms with Gasteiger partial charge in [-0.2, -0.15) is 0 Å². The van der Waals surface area contributed by atoms with Gasteiger partial charge >= 0.3 is 0 Å². The molecule has 5 heteroatoms. The zero-order valence-electron chi connectivity index (χ0n) is 13.7. The van der Waals surface area contributed by atoms with Crippen molar-refractivity contribution in [3.63, 3.8) is 0 Å². The molecule has 0 atom stereocenters. The molecule has 0 unspecified atom stereocenters. The van der Waals surface area contributed by atoms with E-state index >= 15 is 0 Å². The topological polar surface area (TPSA) is 53.1 Å². The Kier molecular flexibility index (Phi) is 4.46. The van der Waals surface area contributed by atoms with Crippen LogP contribution in [0.2, 0.25) is 0 Å². The first-order valence-corrected chi connectivity index (χ1v) is 7.86. The van der Waals surface area contributed by atoms with E-state index in [0.29, 0.717) is 25.0 Å². The number of para-hydroxylation sites is 1. The minimum absolute atomic E-state index is 0.370. The first-order valence-electron chi connectivity index (χ1n) is 7.86. The number of nitrogens with zero attached hydrogens (tertiary/aromatic N) is 3. The fourth-order valence-corrected chi connectivity index (χ4v) is 2.56. The third kappa shape index (κ3) is 3.28. The average molecular weight is 311 g/mol. The van der Waals surface area contributed by atoms with Gasteiger partial charge in [0, 0.05) is 18.3 Å². The number of ether oxygens (including phenoxy) is 1. The van der Waals surface area contributed by atoms with Crippen LogP contribution < -0.4 is 4.74 Å². The number of rotatable bonds is 6. The Hall–Kier alpha value is -2.56. The lowest BCUT2D eigenvalue weighted by molar-refractivity contribution is 0.340. The molecule has 0 aliphatic heterocycles. The van der Waals surface area contributed by atoms with E-state index in [1.807, 2.05) is 43.6 Å². The molecule has 0 fully saturated rings. The Morgan fingerprint density at radius 3 is 2.87 bits per heavy atom. The van der Waals surface area contributed by atoms with Gasteiger partial charge in [0.15, 0.2) is 0 Å². The van der Waals surface area contributed by atoms with Crippen LogP contribution in [-0.4, -0.2) is 21.1 Å². The molecule has 5 nitrogen and oxygen atoms in total. The summed E-state index contributed by atoms with van der Waals surface area (Å²) < 4.78 is 13.4. The van der Waals surface area contributed by atoms with Gasteiger partial charge in [0.1, 0.15) is 17.8 Å². The van der Waals surface area contributed by atoms with Crippen molar-refractivity contribution in [3.05, 3.63) is 54.4 Å². The van der Waals surface area contributed by atoms with Gasteiger partial charge in [0.2, 0.25) is 5.89 Å². The maximum Gasteiger partial charge on any atom is 0.229 e. The summed E-state index contributed by atoms with van der Waals surface area (Å²) >= 11 is 0. The van der Waals surface area contributed by atoms with E-state index in [1.165, 1.54) is 0 Å². The van der Waals surface area contributed by atoms with Crippen LogP contribution in [0, 0.1) is 0 Å². The Balaban J connectivity index is 1.85. The molecule has 3 aromatic rings. The minimum atomic E-state index is 0.370. The molecule has 0 bridgehead atoms. The Bertz CT molecular complexity index is 774. The van der Waals surface area contributed by atoms with E-state index in [1.54, 1.807) is 6.26 Å². The number of hydrogen-bond donors (Lipinski definition) is 0. The quantitative estimate of drug-likeness (QED) is 0.687. The lowest BCUT2D eigenvalue weighted by Gasteiger charge is -2.08. The van der Waals surface area contributed by atoms with Crippen LogP contribution in [0.3, 0.4) is 0 Å². The number of oxazole rings is 1. The molecule has 1 aromatic carbocycles. The van der Waals surface area contributed by atoms with E-state index in [9.17, 15) is 0 Å².